The second kappa shape index (κ2) is 5.81. The Bertz CT molecular complexity index is 492. The van der Waals surface area contributed by atoms with E-state index in [-0.39, 0.29) is 12.6 Å². The van der Waals surface area contributed by atoms with Crippen molar-refractivity contribution in [3.05, 3.63) is 28.8 Å². The minimum absolute atomic E-state index is 0.109. The number of hydrogen-bond donors (Lipinski definition) is 2. The number of carboxylic acids is 1. The van der Waals surface area contributed by atoms with Crippen LogP contribution in [0, 0.1) is 19.8 Å². The molecular weight excluding hydrogens is 258 g/mol. The number of likely N-dealkylation sites (N-methyl/N-ethyl adjacent to an activating group) is 1. The molecule has 2 N–H and O–H groups in total. The van der Waals surface area contributed by atoms with Gasteiger partial charge in [0.2, 0.25) is 0 Å². The summed E-state index contributed by atoms with van der Waals surface area (Å²) in [5.41, 5.74) is 2.74. The third kappa shape index (κ3) is 2.94. The normalized spacial score (nSPS) is 22.4. The van der Waals surface area contributed by atoms with E-state index in [4.69, 9.17) is 4.74 Å². The highest BCUT2D eigenvalue weighted by Gasteiger charge is 2.36. The molecule has 0 bridgehead atoms. The molecule has 1 heterocycles. The molecule has 0 spiro atoms. The highest BCUT2D eigenvalue weighted by atomic mass is 16.5. The standard InChI is InChI=1S/C15H21NO4/c1-9-4-11(5-10(2)14(9)17)6-16(3)13-8-20-7-12(13)15(18)19/h4-5,12-13,17H,6-8H2,1-3H3,(H,18,19). The van der Waals surface area contributed by atoms with Crippen LogP contribution in [0.3, 0.4) is 0 Å². The van der Waals surface area contributed by atoms with Crippen molar-refractivity contribution in [2.75, 3.05) is 20.3 Å². The fourth-order valence-electron chi connectivity index (χ4n) is 2.76. The summed E-state index contributed by atoms with van der Waals surface area (Å²) in [7, 11) is 1.91. The number of rotatable bonds is 4. The number of benzene rings is 1. The number of aryl methyl sites for hydroxylation is 2. The summed E-state index contributed by atoms with van der Waals surface area (Å²) in [6.07, 6.45) is 0. The van der Waals surface area contributed by atoms with Crippen LogP contribution in [-0.2, 0) is 16.1 Å². The van der Waals surface area contributed by atoms with Crippen LogP contribution >= 0.6 is 0 Å². The van der Waals surface area contributed by atoms with Crippen molar-refractivity contribution in [1.82, 2.24) is 4.90 Å². The molecule has 2 atom stereocenters. The van der Waals surface area contributed by atoms with Crippen LogP contribution in [-0.4, -0.2) is 47.4 Å². The van der Waals surface area contributed by atoms with Crippen molar-refractivity contribution in [2.45, 2.75) is 26.4 Å². The van der Waals surface area contributed by atoms with Gasteiger partial charge in [-0.1, -0.05) is 12.1 Å². The zero-order chi connectivity index (χ0) is 14.9. The second-order valence-corrected chi connectivity index (χ2v) is 5.54. The molecule has 0 radical (unpaired) electrons. The molecular formula is C15H21NO4. The minimum Gasteiger partial charge on any atom is -0.507 e. The second-order valence-electron chi connectivity index (χ2n) is 5.54. The molecule has 5 heteroatoms. The average Bonchev–Trinajstić information content (AvgIpc) is 2.85. The Balaban J connectivity index is 2.11. The molecule has 1 aliphatic heterocycles. The SMILES string of the molecule is Cc1cc(CN(C)C2COCC2C(=O)O)cc(C)c1O. The van der Waals surface area contributed by atoms with Gasteiger partial charge in [-0.3, -0.25) is 9.69 Å². The number of phenols is 1. The van der Waals surface area contributed by atoms with E-state index in [1.165, 1.54) is 0 Å². The van der Waals surface area contributed by atoms with Crippen molar-refractivity contribution < 1.29 is 19.7 Å². The number of aromatic hydroxyl groups is 1. The van der Waals surface area contributed by atoms with Gasteiger partial charge in [0.15, 0.2) is 0 Å². The molecule has 0 saturated carbocycles. The lowest BCUT2D eigenvalue weighted by molar-refractivity contribution is -0.143. The van der Waals surface area contributed by atoms with Gasteiger partial charge in [0.25, 0.3) is 0 Å². The van der Waals surface area contributed by atoms with E-state index in [0.717, 1.165) is 16.7 Å². The Kier molecular flexibility index (Phi) is 4.30. The summed E-state index contributed by atoms with van der Waals surface area (Å²) in [5, 5.41) is 19.0. The number of phenolic OH excluding ortho intramolecular Hbond substituents is 1. The first-order valence-corrected chi connectivity index (χ1v) is 6.70. The zero-order valence-electron chi connectivity index (χ0n) is 12.1. The number of hydrogen-bond acceptors (Lipinski definition) is 4. The van der Waals surface area contributed by atoms with Crippen molar-refractivity contribution in [3.8, 4) is 5.75 Å². The number of carbonyl (C=O) groups is 1. The molecule has 1 fully saturated rings. The van der Waals surface area contributed by atoms with Crippen LogP contribution in [0.1, 0.15) is 16.7 Å². The lowest BCUT2D eigenvalue weighted by atomic mass is 10.0. The maximum Gasteiger partial charge on any atom is 0.310 e. The van der Waals surface area contributed by atoms with Crippen LogP contribution in [0.4, 0.5) is 0 Å². The van der Waals surface area contributed by atoms with Crippen LogP contribution in [0.2, 0.25) is 0 Å². The highest BCUT2D eigenvalue weighted by molar-refractivity contribution is 5.71. The van der Waals surface area contributed by atoms with Gasteiger partial charge in [0, 0.05) is 12.6 Å². The molecule has 2 unspecified atom stereocenters. The predicted molar refractivity (Wildman–Crippen MR) is 74.8 cm³/mol. The quantitative estimate of drug-likeness (QED) is 0.875. The summed E-state index contributed by atoms with van der Waals surface area (Å²) < 4.78 is 5.29. The first kappa shape index (κ1) is 14.8. The van der Waals surface area contributed by atoms with Gasteiger partial charge in [-0.25, -0.2) is 0 Å². The third-order valence-electron chi connectivity index (χ3n) is 3.92. The van der Waals surface area contributed by atoms with E-state index >= 15 is 0 Å². The van der Waals surface area contributed by atoms with Crippen molar-refractivity contribution >= 4 is 5.97 Å². The first-order chi connectivity index (χ1) is 9.40. The van der Waals surface area contributed by atoms with E-state index in [0.29, 0.717) is 18.9 Å². The average molecular weight is 279 g/mol. The Morgan fingerprint density at radius 1 is 1.35 bits per heavy atom. The fourth-order valence-corrected chi connectivity index (χ4v) is 2.76. The Morgan fingerprint density at radius 2 is 1.95 bits per heavy atom. The molecule has 5 nitrogen and oxygen atoms in total. The largest absolute Gasteiger partial charge is 0.507 e. The van der Waals surface area contributed by atoms with Gasteiger partial charge in [0.05, 0.1) is 19.1 Å². The number of carboxylic acid groups (broad SMARTS) is 1. The molecule has 1 aliphatic rings. The summed E-state index contributed by atoms with van der Waals surface area (Å²) in [5.74, 6) is -0.958. The van der Waals surface area contributed by atoms with Gasteiger partial charge in [-0.05, 0) is 37.6 Å². The zero-order valence-corrected chi connectivity index (χ0v) is 12.1. The number of ether oxygens (including phenoxy) is 1. The van der Waals surface area contributed by atoms with E-state index in [2.05, 4.69) is 0 Å². The molecule has 1 aromatic rings. The summed E-state index contributed by atoms with van der Waals surface area (Å²) >= 11 is 0. The van der Waals surface area contributed by atoms with Crippen LogP contribution < -0.4 is 0 Å². The first-order valence-electron chi connectivity index (χ1n) is 6.70. The Labute approximate surface area is 118 Å². The number of aliphatic carboxylic acids is 1. The minimum atomic E-state index is -0.808. The molecule has 1 aromatic carbocycles. The number of nitrogens with zero attached hydrogens (tertiary/aromatic N) is 1. The van der Waals surface area contributed by atoms with E-state index < -0.39 is 11.9 Å². The summed E-state index contributed by atoms with van der Waals surface area (Å²) in [6.45, 7) is 5.09. The topological polar surface area (TPSA) is 70.0 Å². The van der Waals surface area contributed by atoms with Crippen LogP contribution in [0.5, 0.6) is 5.75 Å². The molecule has 0 aromatic heterocycles. The van der Waals surface area contributed by atoms with Crippen molar-refractivity contribution in [1.29, 1.82) is 0 Å². The highest BCUT2D eigenvalue weighted by Crippen LogP contribution is 2.25. The van der Waals surface area contributed by atoms with Gasteiger partial charge in [0.1, 0.15) is 5.75 Å². The van der Waals surface area contributed by atoms with E-state index in [1.54, 1.807) is 0 Å². The molecule has 20 heavy (non-hydrogen) atoms. The molecule has 0 aliphatic carbocycles. The molecule has 2 rings (SSSR count). The molecule has 0 amide bonds. The fraction of sp³-hybridized carbons (Fsp3) is 0.533. The van der Waals surface area contributed by atoms with Crippen LogP contribution in [0.25, 0.3) is 0 Å². The van der Waals surface area contributed by atoms with Gasteiger partial charge in [-0.2, -0.15) is 0 Å². The van der Waals surface area contributed by atoms with E-state index in [1.807, 2.05) is 37.9 Å². The lowest BCUT2D eigenvalue weighted by Crippen LogP contribution is -2.40. The van der Waals surface area contributed by atoms with Crippen molar-refractivity contribution in [3.63, 3.8) is 0 Å². The van der Waals surface area contributed by atoms with E-state index in [9.17, 15) is 15.0 Å². The van der Waals surface area contributed by atoms with Gasteiger partial charge >= 0.3 is 5.97 Å². The Morgan fingerprint density at radius 3 is 2.50 bits per heavy atom. The predicted octanol–water partition coefficient (Wildman–Crippen LogP) is 1.54. The smallest absolute Gasteiger partial charge is 0.310 e. The maximum atomic E-state index is 11.2. The third-order valence-corrected chi connectivity index (χ3v) is 3.92. The van der Waals surface area contributed by atoms with Gasteiger partial charge in [-0.15, -0.1) is 0 Å². The maximum absolute atomic E-state index is 11.2. The van der Waals surface area contributed by atoms with Crippen LogP contribution in [0.15, 0.2) is 12.1 Å². The molecule has 1 saturated heterocycles. The lowest BCUT2D eigenvalue weighted by Gasteiger charge is -2.26. The van der Waals surface area contributed by atoms with Crippen molar-refractivity contribution in [2.24, 2.45) is 5.92 Å². The molecule has 110 valence electrons. The monoisotopic (exact) mass is 279 g/mol. The summed E-state index contributed by atoms with van der Waals surface area (Å²) in [6, 6.07) is 3.76. The Hall–Kier alpha value is -1.59. The van der Waals surface area contributed by atoms with Gasteiger partial charge < -0.3 is 14.9 Å². The summed E-state index contributed by atoms with van der Waals surface area (Å²) in [4.78, 5) is 13.2.